The maximum Gasteiger partial charge on any atom is 0.339 e. The number of hydrogen-bond acceptors (Lipinski definition) is 4. The molecule has 2 aromatic carbocycles. The van der Waals surface area contributed by atoms with Crippen molar-refractivity contribution in [3.8, 4) is 0 Å². The molecule has 1 aliphatic heterocycles. The molecule has 1 atom stereocenters. The Morgan fingerprint density at radius 2 is 1.96 bits per heavy atom. The third kappa shape index (κ3) is 2.44. The Hall–Kier alpha value is -3.15. The number of anilines is 1. The molecule has 0 saturated heterocycles. The van der Waals surface area contributed by atoms with Crippen LogP contribution in [0.4, 0.5) is 5.95 Å². The van der Waals surface area contributed by atoms with Gasteiger partial charge in [0.15, 0.2) is 6.10 Å². The van der Waals surface area contributed by atoms with Gasteiger partial charge in [0, 0.05) is 6.42 Å². The number of nitrogens with zero attached hydrogens (tertiary/aromatic N) is 1. The first kappa shape index (κ1) is 13.5. The number of fused-ring (bicyclic) bond motifs is 2. The molecular formula is C17H13N3O3. The molecule has 0 saturated carbocycles. The highest BCUT2D eigenvalue weighted by molar-refractivity contribution is 5.99. The number of esters is 1. The average Bonchev–Trinajstić information content (AvgIpc) is 2.97. The molecular weight excluding hydrogens is 294 g/mol. The zero-order chi connectivity index (χ0) is 15.8. The number of ether oxygens (including phenoxy) is 1. The minimum atomic E-state index is -0.856. The number of carbonyl (C=O) groups excluding carboxylic acids is 2. The van der Waals surface area contributed by atoms with Gasteiger partial charge in [-0.05, 0) is 23.8 Å². The number of aromatic nitrogens is 2. The van der Waals surface area contributed by atoms with Crippen molar-refractivity contribution in [2.75, 3.05) is 5.32 Å². The summed E-state index contributed by atoms with van der Waals surface area (Å²) in [5, 5.41) is 2.67. The average molecular weight is 307 g/mol. The second-order valence-electron chi connectivity index (χ2n) is 5.35. The maximum absolute atomic E-state index is 12.4. The number of cyclic esters (lactones) is 1. The van der Waals surface area contributed by atoms with E-state index >= 15 is 0 Å². The van der Waals surface area contributed by atoms with Crippen LogP contribution >= 0.6 is 0 Å². The number of carbonyl (C=O) groups is 2. The molecule has 0 spiro atoms. The Morgan fingerprint density at radius 1 is 1.17 bits per heavy atom. The normalized spacial score (nSPS) is 16.7. The zero-order valence-electron chi connectivity index (χ0n) is 12.1. The first-order valence-corrected chi connectivity index (χ1v) is 7.25. The highest BCUT2D eigenvalue weighted by atomic mass is 16.5. The third-order valence-corrected chi connectivity index (χ3v) is 3.82. The lowest BCUT2D eigenvalue weighted by molar-refractivity contribution is -0.125. The number of H-pyrrole nitrogens is 1. The lowest BCUT2D eigenvalue weighted by Crippen LogP contribution is -2.38. The van der Waals surface area contributed by atoms with Gasteiger partial charge in [-0.1, -0.05) is 30.3 Å². The van der Waals surface area contributed by atoms with Crippen molar-refractivity contribution in [1.29, 1.82) is 0 Å². The fraction of sp³-hybridized carbons (Fsp3) is 0.118. The fourth-order valence-electron chi connectivity index (χ4n) is 2.69. The Morgan fingerprint density at radius 3 is 2.83 bits per heavy atom. The van der Waals surface area contributed by atoms with E-state index in [1.807, 2.05) is 36.4 Å². The van der Waals surface area contributed by atoms with Gasteiger partial charge in [-0.2, -0.15) is 0 Å². The van der Waals surface area contributed by atoms with E-state index in [9.17, 15) is 9.59 Å². The zero-order valence-corrected chi connectivity index (χ0v) is 12.1. The Labute approximate surface area is 131 Å². The van der Waals surface area contributed by atoms with Gasteiger partial charge < -0.3 is 9.72 Å². The van der Waals surface area contributed by atoms with Gasteiger partial charge >= 0.3 is 5.97 Å². The SMILES string of the molecule is O=C1O[C@H](C(=O)Nc2nc3ccccc3[nH]2)Cc2ccccc21. The molecule has 1 aromatic heterocycles. The molecule has 1 amide bonds. The largest absolute Gasteiger partial charge is 0.448 e. The van der Waals surface area contributed by atoms with E-state index in [0.29, 0.717) is 17.9 Å². The molecule has 1 aliphatic rings. The van der Waals surface area contributed by atoms with Gasteiger partial charge in [0.25, 0.3) is 5.91 Å². The van der Waals surface area contributed by atoms with E-state index in [-0.39, 0.29) is 0 Å². The fourth-order valence-corrected chi connectivity index (χ4v) is 2.69. The number of amides is 1. The molecule has 6 heteroatoms. The van der Waals surface area contributed by atoms with Gasteiger partial charge in [0.1, 0.15) is 0 Å². The molecule has 0 bridgehead atoms. The van der Waals surface area contributed by atoms with Crippen LogP contribution in [0.1, 0.15) is 15.9 Å². The molecule has 3 aromatic rings. The summed E-state index contributed by atoms with van der Waals surface area (Å²) in [5.74, 6) is -0.533. The van der Waals surface area contributed by atoms with Crippen molar-refractivity contribution in [2.45, 2.75) is 12.5 Å². The van der Waals surface area contributed by atoms with E-state index in [2.05, 4.69) is 15.3 Å². The topological polar surface area (TPSA) is 84.1 Å². The second-order valence-corrected chi connectivity index (χ2v) is 5.35. The van der Waals surface area contributed by atoms with Crippen molar-refractivity contribution in [2.24, 2.45) is 0 Å². The van der Waals surface area contributed by atoms with Crippen LogP contribution in [0.15, 0.2) is 48.5 Å². The van der Waals surface area contributed by atoms with Crippen LogP contribution < -0.4 is 5.32 Å². The van der Waals surface area contributed by atoms with Crippen LogP contribution in [-0.4, -0.2) is 27.9 Å². The predicted octanol–water partition coefficient (Wildman–Crippen LogP) is 2.28. The summed E-state index contributed by atoms with van der Waals surface area (Å²) >= 11 is 0. The summed E-state index contributed by atoms with van der Waals surface area (Å²) in [6.45, 7) is 0. The van der Waals surface area contributed by atoms with E-state index in [1.165, 1.54) is 0 Å². The van der Waals surface area contributed by atoms with Crippen molar-refractivity contribution in [3.05, 3.63) is 59.7 Å². The van der Waals surface area contributed by atoms with Crippen LogP contribution in [0, 0.1) is 0 Å². The smallest absolute Gasteiger partial charge is 0.339 e. The van der Waals surface area contributed by atoms with Crippen LogP contribution in [0.3, 0.4) is 0 Å². The third-order valence-electron chi connectivity index (χ3n) is 3.82. The first-order valence-electron chi connectivity index (χ1n) is 7.25. The van der Waals surface area contributed by atoms with Crippen molar-refractivity contribution >= 4 is 28.9 Å². The van der Waals surface area contributed by atoms with Crippen LogP contribution in [-0.2, 0) is 16.0 Å². The van der Waals surface area contributed by atoms with E-state index in [1.54, 1.807) is 12.1 Å². The number of nitrogens with one attached hydrogen (secondary N) is 2. The highest BCUT2D eigenvalue weighted by Gasteiger charge is 2.31. The number of hydrogen-bond donors (Lipinski definition) is 2. The first-order chi connectivity index (χ1) is 11.2. The summed E-state index contributed by atoms with van der Waals surface area (Å²) in [6, 6.07) is 14.6. The quantitative estimate of drug-likeness (QED) is 0.711. The number of aromatic amines is 1. The molecule has 0 fully saturated rings. The molecule has 0 unspecified atom stereocenters. The molecule has 0 aliphatic carbocycles. The van der Waals surface area contributed by atoms with Crippen LogP contribution in [0.5, 0.6) is 0 Å². The van der Waals surface area contributed by atoms with Gasteiger partial charge in [-0.15, -0.1) is 0 Å². The van der Waals surface area contributed by atoms with Gasteiger partial charge in [0.2, 0.25) is 5.95 Å². The number of imidazole rings is 1. The predicted molar refractivity (Wildman–Crippen MR) is 84.1 cm³/mol. The lowest BCUT2D eigenvalue weighted by atomic mass is 9.98. The molecule has 4 rings (SSSR count). The van der Waals surface area contributed by atoms with Gasteiger partial charge in [-0.25, -0.2) is 9.78 Å². The van der Waals surface area contributed by atoms with E-state index < -0.39 is 18.0 Å². The van der Waals surface area contributed by atoms with Crippen molar-refractivity contribution < 1.29 is 14.3 Å². The molecule has 114 valence electrons. The Balaban J connectivity index is 1.55. The minimum absolute atomic E-state index is 0.339. The van der Waals surface area contributed by atoms with Crippen LogP contribution in [0.25, 0.3) is 11.0 Å². The summed E-state index contributed by atoms with van der Waals surface area (Å²) in [7, 11) is 0. The molecule has 23 heavy (non-hydrogen) atoms. The van der Waals surface area contributed by atoms with Gasteiger partial charge in [-0.3, -0.25) is 10.1 Å². The number of rotatable bonds is 2. The molecule has 2 N–H and O–H groups in total. The molecule has 2 heterocycles. The molecule has 6 nitrogen and oxygen atoms in total. The van der Waals surface area contributed by atoms with E-state index in [0.717, 1.165) is 16.6 Å². The highest BCUT2D eigenvalue weighted by Crippen LogP contribution is 2.21. The summed E-state index contributed by atoms with van der Waals surface area (Å²) in [4.78, 5) is 31.6. The summed E-state index contributed by atoms with van der Waals surface area (Å²) in [6.07, 6.45) is -0.501. The second kappa shape index (κ2) is 5.24. The Bertz CT molecular complexity index is 883. The monoisotopic (exact) mass is 307 g/mol. The Kier molecular flexibility index (Phi) is 3.08. The summed E-state index contributed by atoms with van der Waals surface area (Å²) < 4.78 is 5.23. The maximum atomic E-state index is 12.4. The lowest BCUT2D eigenvalue weighted by Gasteiger charge is -2.23. The van der Waals surface area contributed by atoms with E-state index in [4.69, 9.17) is 4.74 Å². The van der Waals surface area contributed by atoms with Crippen molar-refractivity contribution in [3.63, 3.8) is 0 Å². The summed E-state index contributed by atoms with van der Waals surface area (Å²) in [5.41, 5.74) is 2.91. The van der Waals surface area contributed by atoms with Crippen molar-refractivity contribution in [1.82, 2.24) is 9.97 Å². The number of benzene rings is 2. The minimum Gasteiger partial charge on any atom is -0.448 e. The molecule has 0 radical (unpaired) electrons. The standard InChI is InChI=1S/C17H13N3O3/c21-15(20-17-18-12-7-3-4-8-13(12)19-17)14-9-10-5-1-2-6-11(10)16(22)23-14/h1-8,14H,9H2,(H2,18,19,20,21)/t14-/m0/s1. The van der Waals surface area contributed by atoms with Gasteiger partial charge in [0.05, 0.1) is 16.6 Å². The number of para-hydroxylation sites is 2. The van der Waals surface area contributed by atoms with Crippen LogP contribution in [0.2, 0.25) is 0 Å².